The van der Waals surface area contributed by atoms with E-state index in [-0.39, 0.29) is 5.56 Å². The third kappa shape index (κ3) is 1.57. The third-order valence-corrected chi connectivity index (χ3v) is 2.58. The predicted octanol–water partition coefficient (Wildman–Crippen LogP) is 2.26. The number of hydrogen-bond acceptors (Lipinski definition) is 2. The lowest BCUT2D eigenvalue weighted by Gasteiger charge is -1.92. The Labute approximate surface area is 96.1 Å². The van der Waals surface area contributed by atoms with Gasteiger partial charge in [-0.2, -0.15) is 0 Å². The van der Waals surface area contributed by atoms with Gasteiger partial charge in [0.1, 0.15) is 0 Å². The summed E-state index contributed by atoms with van der Waals surface area (Å²) < 4.78 is 0. The summed E-state index contributed by atoms with van der Waals surface area (Å²) in [6.45, 7) is 0. The van der Waals surface area contributed by atoms with Crippen LogP contribution in [0.15, 0.2) is 36.5 Å². The van der Waals surface area contributed by atoms with Crippen molar-refractivity contribution in [2.24, 2.45) is 0 Å². The van der Waals surface area contributed by atoms with Crippen LogP contribution in [0.3, 0.4) is 0 Å². The van der Waals surface area contributed by atoms with E-state index >= 15 is 0 Å². The molecular formula is C12H9N3O2. The SMILES string of the molecule is O=C(O)c1ccc2nc(-c3ccc[nH]3)[nH]c2c1. The van der Waals surface area contributed by atoms with Gasteiger partial charge in [-0.1, -0.05) is 0 Å². The minimum atomic E-state index is -0.942. The van der Waals surface area contributed by atoms with Crippen LogP contribution in [0.2, 0.25) is 0 Å². The number of imidazole rings is 1. The molecule has 0 amide bonds. The lowest BCUT2D eigenvalue weighted by atomic mass is 10.2. The van der Waals surface area contributed by atoms with Gasteiger partial charge in [-0.3, -0.25) is 0 Å². The lowest BCUT2D eigenvalue weighted by Crippen LogP contribution is -1.94. The highest BCUT2D eigenvalue weighted by Crippen LogP contribution is 2.19. The van der Waals surface area contributed by atoms with Crippen LogP contribution in [0.4, 0.5) is 0 Å². The van der Waals surface area contributed by atoms with Crippen molar-refractivity contribution < 1.29 is 9.90 Å². The van der Waals surface area contributed by atoms with Gasteiger partial charge >= 0.3 is 5.97 Å². The minimum Gasteiger partial charge on any atom is -0.478 e. The Balaban J connectivity index is 2.16. The highest BCUT2D eigenvalue weighted by atomic mass is 16.4. The molecule has 2 aromatic heterocycles. The van der Waals surface area contributed by atoms with Gasteiger partial charge in [0.05, 0.1) is 22.3 Å². The molecule has 3 rings (SSSR count). The fourth-order valence-electron chi connectivity index (χ4n) is 1.75. The van der Waals surface area contributed by atoms with Gasteiger partial charge in [-0.05, 0) is 30.3 Å². The molecule has 0 bridgehead atoms. The fraction of sp³-hybridized carbons (Fsp3) is 0. The zero-order valence-corrected chi connectivity index (χ0v) is 8.77. The van der Waals surface area contributed by atoms with E-state index < -0.39 is 5.97 Å². The number of carboxylic acids is 1. The summed E-state index contributed by atoms with van der Waals surface area (Å²) in [5.41, 5.74) is 2.59. The topological polar surface area (TPSA) is 81.8 Å². The van der Waals surface area contributed by atoms with Crippen LogP contribution in [0, 0.1) is 0 Å². The van der Waals surface area contributed by atoms with Crippen LogP contribution in [0.1, 0.15) is 10.4 Å². The molecule has 0 aliphatic rings. The highest BCUT2D eigenvalue weighted by molar-refractivity contribution is 5.92. The number of hydrogen-bond donors (Lipinski definition) is 3. The van der Waals surface area contributed by atoms with E-state index in [0.29, 0.717) is 5.82 Å². The first kappa shape index (κ1) is 9.65. The van der Waals surface area contributed by atoms with Crippen molar-refractivity contribution >= 4 is 17.0 Å². The molecule has 0 fully saturated rings. The molecule has 84 valence electrons. The van der Waals surface area contributed by atoms with Crippen molar-refractivity contribution in [2.75, 3.05) is 0 Å². The van der Waals surface area contributed by atoms with E-state index in [9.17, 15) is 4.79 Å². The minimum absolute atomic E-state index is 0.249. The van der Waals surface area contributed by atoms with Crippen LogP contribution in [0.5, 0.6) is 0 Å². The monoisotopic (exact) mass is 227 g/mol. The van der Waals surface area contributed by atoms with Gasteiger partial charge in [0.15, 0.2) is 5.82 Å². The highest BCUT2D eigenvalue weighted by Gasteiger charge is 2.08. The maximum absolute atomic E-state index is 10.8. The van der Waals surface area contributed by atoms with Gasteiger partial charge in [-0.25, -0.2) is 9.78 Å². The number of rotatable bonds is 2. The molecule has 0 atom stereocenters. The molecular weight excluding hydrogens is 218 g/mol. The molecule has 3 aromatic rings. The first-order valence-corrected chi connectivity index (χ1v) is 5.11. The quantitative estimate of drug-likeness (QED) is 0.628. The molecule has 0 aliphatic heterocycles. The van der Waals surface area contributed by atoms with Crippen LogP contribution in [-0.2, 0) is 0 Å². The Bertz CT molecular complexity index is 683. The first-order valence-electron chi connectivity index (χ1n) is 5.11. The Hall–Kier alpha value is -2.56. The number of aromatic amines is 2. The second kappa shape index (κ2) is 3.48. The molecule has 2 heterocycles. The second-order valence-electron chi connectivity index (χ2n) is 3.71. The number of carbonyl (C=O) groups is 1. The number of aromatic carboxylic acids is 1. The Morgan fingerprint density at radius 1 is 1.29 bits per heavy atom. The number of fused-ring (bicyclic) bond motifs is 1. The molecule has 1 aromatic carbocycles. The van der Waals surface area contributed by atoms with Gasteiger partial charge in [-0.15, -0.1) is 0 Å². The summed E-state index contributed by atoms with van der Waals surface area (Å²) in [4.78, 5) is 21.3. The lowest BCUT2D eigenvalue weighted by molar-refractivity contribution is 0.0697. The molecule has 0 unspecified atom stereocenters. The maximum atomic E-state index is 10.8. The summed E-state index contributed by atoms with van der Waals surface area (Å²) in [5, 5.41) is 8.89. The Morgan fingerprint density at radius 2 is 2.18 bits per heavy atom. The standard InChI is InChI=1S/C12H9N3O2/c16-12(17)7-3-4-8-10(6-7)15-11(14-8)9-2-1-5-13-9/h1-6,13H,(H,14,15)(H,16,17). The number of carboxylic acid groups (broad SMARTS) is 1. The second-order valence-corrected chi connectivity index (χ2v) is 3.71. The normalized spacial score (nSPS) is 10.8. The molecule has 0 saturated heterocycles. The zero-order chi connectivity index (χ0) is 11.8. The van der Waals surface area contributed by atoms with Crippen molar-refractivity contribution in [2.45, 2.75) is 0 Å². The van der Waals surface area contributed by atoms with E-state index in [2.05, 4.69) is 15.0 Å². The summed E-state index contributed by atoms with van der Waals surface area (Å²) in [6, 6.07) is 8.60. The van der Waals surface area contributed by atoms with E-state index in [4.69, 9.17) is 5.11 Å². The van der Waals surface area contributed by atoms with E-state index in [0.717, 1.165) is 16.7 Å². The molecule has 0 aliphatic carbocycles. The largest absolute Gasteiger partial charge is 0.478 e. The summed E-state index contributed by atoms with van der Waals surface area (Å²) in [5.74, 6) is -0.240. The zero-order valence-electron chi connectivity index (χ0n) is 8.77. The molecule has 0 spiro atoms. The van der Waals surface area contributed by atoms with Crippen molar-refractivity contribution in [1.82, 2.24) is 15.0 Å². The third-order valence-electron chi connectivity index (χ3n) is 2.58. The molecule has 0 radical (unpaired) electrons. The summed E-state index contributed by atoms with van der Waals surface area (Å²) in [7, 11) is 0. The summed E-state index contributed by atoms with van der Waals surface area (Å²) >= 11 is 0. The van der Waals surface area contributed by atoms with Crippen molar-refractivity contribution in [3.05, 3.63) is 42.1 Å². The predicted molar refractivity (Wildman–Crippen MR) is 62.8 cm³/mol. The molecule has 3 N–H and O–H groups in total. The number of aromatic nitrogens is 3. The average Bonchev–Trinajstić information content (AvgIpc) is 2.96. The van der Waals surface area contributed by atoms with Gasteiger partial charge in [0.25, 0.3) is 0 Å². The van der Waals surface area contributed by atoms with Crippen molar-refractivity contribution in [1.29, 1.82) is 0 Å². The molecule has 17 heavy (non-hydrogen) atoms. The van der Waals surface area contributed by atoms with Gasteiger partial charge < -0.3 is 15.1 Å². The molecule has 5 heteroatoms. The van der Waals surface area contributed by atoms with E-state index in [1.165, 1.54) is 0 Å². The number of nitrogens with zero attached hydrogens (tertiary/aromatic N) is 1. The molecule has 0 saturated carbocycles. The number of nitrogens with one attached hydrogen (secondary N) is 2. The maximum Gasteiger partial charge on any atom is 0.335 e. The van der Waals surface area contributed by atoms with Crippen LogP contribution in [0.25, 0.3) is 22.6 Å². The van der Waals surface area contributed by atoms with E-state index in [1.54, 1.807) is 18.2 Å². The molecule has 5 nitrogen and oxygen atoms in total. The van der Waals surface area contributed by atoms with Crippen molar-refractivity contribution in [3.8, 4) is 11.5 Å². The first-order chi connectivity index (χ1) is 8.24. The van der Waals surface area contributed by atoms with Gasteiger partial charge in [0.2, 0.25) is 0 Å². The van der Waals surface area contributed by atoms with Crippen LogP contribution in [-0.4, -0.2) is 26.0 Å². The summed E-state index contributed by atoms with van der Waals surface area (Å²) in [6.07, 6.45) is 1.81. The van der Waals surface area contributed by atoms with Crippen LogP contribution >= 0.6 is 0 Å². The van der Waals surface area contributed by atoms with Crippen molar-refractivity contribution in [3.63, 3.8) is 0 Å². The van der Waals surface area contributed by atoms with Gasteiger partial charge in [0, 0.05) is 6.20 Å². The Morgan fingerprint density at radius 3 is 2.88 bits per heavy atom. The Kier molecular flexibility index (Phi) is 1.98. The smallest absolute Gasteiger partial charge is 0.335 e. The number of benzene rings is 1. The van der Waals surface area contributed by atoms with Crippen LogP contribution < -0.4 is 0 Å². The number of H-pyrrole nitrogens is 2. The average molecular weight is 227 g/mol. The van der Waals surface area contributed by atoms with E-state index in [1.807, 2.05) is 18.3 Å². The fourth-order valence-corrected chi connectivity index (χ4v) is 1.75.